The first-order valence-electron chi connectivity index (χ1n) is 7.72. The van der Waals surface area contributed by atoms with Gasteiger partial charge >= 0.3 is 0 Å². The first kappa shape index (κ1) is 16.0. The average Bonchev–Trinajstić information content (AvgIpc) is 2.44. The minimum atomic E-state index is 0.126. The van der Waals surface area contributed by atoms with Crippen molar-refractivity contribution in [2.45, 2.75) is 71.4 Å². The molecule has 0 bridgehead atoms. The standard InChI is InChI=1S/C17H29NO/c1-4-7-9-14-10-12-15(13-11-14)19-17(6-3)16(18)8-5-2/h10-13,16-17H,4-9,18H2,1-3H3. The molecule has 0 saturated heterocycles. The second-order valence-corrected chi connectivity index (χ2v) is 5.26. The van der Waals surface area contributed by atoms with Gasteiger partial charge < -0.3 is 10.5 Å². The monoisotopic (exact) mass is 263 g/mol. The van der Waals surface area contributed by atoms with Gasteiger partial charge in [-0.2, -0.15) is 0 Å². The topological polar surface area (TPSA) is 35.2 Å². The van der Waals surface area contributed by atoms with E-state index in [-0.39, 0.29) is 12.1 Å². The van der Waals surface area contributed by atoms with Gasteiger partial charge in [0.1, 0.15) is 11.9 Å². The minimum absolute atomic E-state index is 0.126. The van der Waals surface area contributed by atoms with Crippen molar-refractivity contribution in [3.63, 3.8) is 0 Å². The second-order valence-electron chi connectivity index (χ2n) is 5.26. The van der Waals surface area contributed by atoms with Crippen molar-refractivity contribution in [3.05, 3.63) is 29.8 Å². The van der Waals surface area contributed by atoms with Crippen LogP contribution in [0.25, 0.3) is 0 Å². The zero-order valence-corrected chi connectivity index (χ0v) is 12.7. The lowest BCUT2D eigenvalue weighted by molar-refractivity contribution is 0.161. The van der Waals surface area contributed by atoms with Gasteiger partial charge in [0, 0.05) is 6.04 Å². The predicted octanol–water partition coefficient (Wildman–Crippen LogP) is 4.31. The molecule has 0 amide bonds. The molecule has 0 aromatic heterocycles. The van der Waals surface area contributed by atoms with Crippen LogP contribution in [-0.4, -0.2) is 12.1 Å². The summed E-state index contributed by atoms with van der Waals surface area (Å²) in [6, 6.07) is 8.62. The molecular weight excluding hydrogens is 234 g/mol. The number of nitrogens with two attached hydrogens (primary N) is 1. The van der Waals surface area contributed by atoms with Crippen molar-refractivity contribution in [2.24, 2.45) is 5.73 Å². The summed E-state index contributed by atoms with van der Waals surface area (Å²) in [5.41, 5.74) is 7.55. The van der Waals surface area contributed by atoms with Crippen LogP contribution in [0.2, 0.25) is 0 Å². The molecule has 1 aromatic carbocycles. The van der Waals surface area contributed by atoms with Crippen LogP contribution in [-0.2, 0) is 6.42 Å². The lowest BCUT2D eigenvalue weighted by Crippen LogP contribution is -2.38. The first-order valence-corrected chi connectivity index (χ1v) is 7.72. The molecule has 0 aliphatic carbocycles. The Morgan fingerprint density at radius 1 is 1.05 bits per heavy atom. The van der Waals surface area contributed by atoms with E-state index >= 15 is 0 Å². The van der Waals surface area contributed by atoms with Gasteiger partial charge in [0.25, 0.3) is 0 Å². The molecule has 1 rings (SSSR count). The SMILES string of the molecule is CCCCc1ccc(OC(CC)C(N)CCC)cc1. The van der Waals surface area contributed by atoms with E-state index in [9.17, 15) is 0 Å². The summed E-state index contributed by atoms with van der Waals surface area (Å²) in [5.74, 6) is 0.943. The van der Waals surface area contributed by atoms with Crippen LogP contribution in [0.5, 0.6) is 5.75 Å². The van der Waals surface area contributed by atoms with Gasteiger partial charge in [0.15, 0.2) is 0 Å². The van der Waals surface area contributed by atoms with Gasteiger partial charge in [0.2, 0.25) is 0 Å². The van der Waals surface area contributed by atoms with E-state index in [1.807, 2.05) is 0 Å². The number of ether oxygens (including phenoxy) is 1. The average molecular weight is 263 g/mol. The van der Waals surface area contributed by atoms with Crippen molar-refractivity contribution in [2.75, 3.05) is 0 Å². The Labute approximate surface area is 118 Å². The molecule has 0 aliphatic rings. The van der Waals surface area contributed by atoms with E-state index in [0.717, 1.165) is 31.4 Å². The Bertz CT molecular complexity index is 334. The van der Waals surface area contributed by atoms with Gasteiger partial charge in [-0.05, 0) is 43.4 Å². The maximum absolute atomic E-state index is 6.16. The Morgan fingerprint density at radius 2 is 1.74 bits per heavy atom. The Morgan fingerprint density at radius 3 is 2.26 bits per heavy atom. The first-order chi connectivity index (χ1) is 9.21. The fraction of sp³-hybridized carbons (Fsp3) is 0.647. The Balaban J connectivity index is 2.55. The zero-order chi connectivity index (χ0) is 14.1. The van der Waals surface area contributed by atoms with Crippen LogP contribution in [0.3, 0.4) is 0 Å². The molecule has 0 spiro atoms. The molecule has 0 aliphatic heterocycles. The summed E-state index contributed by atoms with van der Waals surface area (Å²) >= 11 is 0. The molecule has 2 unspecified atom stereocenters. The summed E-state index contributed by atoms with van der Waals surface area (Å²) in [6.45, 7) is 6.52. The molecule has 2 heteroatoms. The highest BCUT2D eigenvalue weighted by Crippen LogP contribution is 2.18. The third-order valence-corrected chi connectivity index (χ3v) is 3.53. The van der Waals surface area contributed by atoms with Crippen LogP contribution in [0, 0.1) is 0 Å². The second kappa shape index (κ2) is 8.98. The van der Waals surface area contributed by atoms with E-state index in [1.54, 1.807) is 0 Å². The smallest absolute Gasteiger partial charge is 0.119 e. The summed E-state index contributed by atoms with van der Waals surface area (Å²) in [6.07, 6.45) is 6.86. The van der Waals surface area contributed by atoms with Crippen LogP contribution in [0.15, 0.2) is 24.3 Å². The molecule has 0 saturated carbocycles. The van der Waals surface area contributed by atoms with E-state index in [4.69, 9.17) is 10.5 Å². The highest BCUT2D eigenvalue weighted by atomic mass is 16.5. The van der Waals surface area contributed by atoms with Crippen LogP contribution in [0.4, 0.5) is 0 Å². The molecule has 0 fully saturated rings. The molecular formula is C17H29NO. The largest absolute Gasteiger partial charge is 0.489 e. The number of hydrogen-bond acceptors (Lipinski definition) is 2. The van der Waals surface area contributed by atoms with Crippen molar-refractivity contribution in [1.82, 2.24) is 0 Å². The van der Waals surface area contributed by atoms with E-state index in [1.165, 1.54) is 18.4 Å². The molecule has 1 aromatic rings. The van der Waals surface area contributed by atoms with Crippen molar-refractivity contribution in [3.8, 4) is 5.75 Å². The molecule has 19 heavy (non-hydrogen) atoms. The van der Waals surface area contributed by atoms with E-state index < -0.39 is 0 Å². The molecule has 2 N–H and O–H groups in total. The third-order valence-electron chi connectivity index (χ3n) is 3.53. The van der Waals surface area contributed by atoms with E-state index in [0.29, 0.717) is 0 Å². The summed E-state index contributed by atoms with van der Waals surface area (Å²) < 4.78 is 6.01. The number of hydrogen-bond donors (Lipinski definition) is 1. The van der Waals surface area contributed by atoms with Gasteiger partial charge in [-0.25, -0.2) is 0 Å². The minimum Gasteiger partial charge on any atom is -0.489 e. The normalized spacial score (nSPS) is 14.1. The molecule has 2 nitrogen and oxygen atoms in total. The summed E-state index contributed by atoms with van der Waals surface area (Å²) in [5, 5.41) is 0. The lowest BCUT2D eigenvalue weighted by atomic mass is 10.0. The van der Waals surface area contributed by atoms with E-state index in [2.05, 4.69) is 45.0 Å². The van der Waals surface area contributed by atoms with Gasteiger partial charge in [-0.1, -0.05) is 45.7 Å². The number of benzene rings is 1. The van der Waals surface area contributed by atoms with Crippen LogP contribution >= 0.6 is 0 Å². The van der Waals surface area contributed by atoms with Crippen molar-refractivity contribution >= 4 is 0 Å². The maximum atomic E-state index is 6.16. The number of aryl methyl sites for hydroxylation is 1. The van der Waals surface area contributed by atoms with Crippen molar-refractivity contribution in [1.29, 1.82) is 0 Å². The molecule has 108 valence electrons. The summed E-state index contributed by atoms with van der Waals surface area (Å²) in [7, 11) is 0. The molecule has 2 atom stereocenters. The highest BCUT2D eigenvalue weighted by molar-refractivity contribution is 5.27. The Hall–Kier alpha value is -1.02. The van der Waals surface area contributed by atoms with Crippen molar-refractivity contribution < 1.29 is 4.74 Å². The lowest BCUT2D eigenvalue weighted by Gasteiger charge is -2.23. The van der Waals surface area contributed by atoms with Crippen LogP contribution < -0.4 is 10.5 Å². The third kappa shape index (κ3) is 5.65. The highest BCUT2D eigenvalue weighted by Gasteiger charge is 2.16. The Kier molecular flexibility index (Phi) is 7.57. The fourth-order valence-electron chi connectivity index (χ4n) is 2.28. The molecule has 0 heterocycles. The fourth-order valence-corrected chi connectivity index (χ4v) is 2.28. The predicted molar refractivity (Wildman–Crippen MR) is 82.6 cm³/mol. The van der Waals surface area contributed by atoms with Gasteiger partial charge in [-0.15, -0.1) is 0 Å². The maximum Gasteiger partial charge on any atom is 0.119 e. The zero-order valence-electron chi connectivity index (χ0n) is 12.7. The van der Waals surface area contributed by atoms with Crippen LogP contribution in [0.1, 0.15) is 58.4 Å². The number of rotatable bonds is 9. The van der Waals surface area contributed by atoms with Gasteiger partial charge in [-0.3, -0.25) is 0 Å². The quantitative estimate of drug-likeness (QED) is 0.720. The molecule has 0 radical (unpaired) electrons. The summed E-state index contributed by atoms with van der Waals surface area (Å²) in [4.78, 5) is 0. The number of unbranched alkanes of at least 4 members (excludes halogenated alkanes) is 1. The van der Waals surface area contributed by atoms with Gasteiger partial charge in [0.05, 0.1) is 0 Å².